The molecule has 0 aliphatic heterocycles. The first kappa shape index (κ1) is 31.6. The van der Waals surface area contributed by atoms with Crippen LogP contribution in [0.3, 0.4) is 0 Å². The van der Waals surface area contributed by atoms with Crippen LogP contribution >= 0.6 is 23.1 Å². The van der Waals surface area contributed by atoms with Crippen LogP contribution in [-0.2, 0) is 9.53 Å². The van der Waals surface area contributed by atoms with E-state index in [1.54, 1.807) is 31.5 Å². The van der Waals surface area contributed by atoms with Crippen molar-refractivity contribution in [3.8, 4) is 21.7 Å². The molecule has 0 saturated heterocycles. The Hall–Kier alpha value is -2.93. The van der Waals surface area contributed by atoms with E-state index in [2.05, 4.69) is 10.3 Å². The Labute approximate surface area is 253 Å². The Kier molecular flexibility index (Phi) is 11.6. The van der Waals surface area contributed by atoms with Gasteiger partial charge in [0.15, 0.2) is 0 Å². The number of hydrogen-bond donors (Lipinski definition) is 2. The summed E-state index contributed by atoms with van der Waals surface area (Å²) in [5.41, 5.74) is 4.38. The van der Waals surface area contributed by atoms with Crippen LogP contribution in [0, 0.1) is 12.7 Å². The molecule has 0 spiro atoms. The number of benzene rings is 3. The Bertz CT molecular complexity index is 1480. The first-order chi connectivity index (χ1) is 18.8. The molecule has 10 heteroatoms. The van der Waals surface area contributed by atoms with Crippen molar-refractivity contribution in [2.45, 2.75) is 25.5 Å². The molecule has 0 saturated carbocycles. The number of nitrogens with one attached hydrogen (secondary N) is 1. The van der Waals surface area contributed by atoms with Crippen molar-refractivity contribution in [2.75, 3.05) is 19.1 Å². The monoisotopic (exact) mass is 571 g/mol. The SMILES string of the molecule is COC(c1ccc(C(=O)NC(CCSC)C(=O)O)c(-c2ccccc2C)c1)c1cnc(-c2cccc(F)c2)s1.[Li+]. The molecule has 0 bridgehead atoms. The Morgan fingerprint density at radius 3 is 2.55 bits per heavy atom. The van der Waals surface area contributed by atoms with Crippen LogP contribution in [0.1, 0.15) is 38.9 Å². The van der Waals surface area contributed by atoms with E-state index in [1.807, 2.05) is 49.6 Å². The average Bonchev–Trinajstić information content (AvgIpc) is 3.41. The summed E-state index contributed by atoms with van der Waals surface area (Å²) in [7, 11) is 1.60. The third-order valence-electron chi connectivity index (χ3n) is 6.33. The van der Waals surface area contributed by atoms with Crippen LogP contribution in [0.25, 0.3) is 21.7 Å². The number of aromatic nitrogens is 1. The second kappa shape index (κ2) is 14.6. The average molecular weight is 572 g/mol. The number of aryl methyl sites for hydroxylation is 1. The van der Waals surface area contributed by atoms with Crippen molar-refractivity contribution in [1.82, 2.24) is 10.3 Å². The van der Waals surface area contributed by atoms with Crippen molar-refractivity contribution in [3.05, 3.63) is 100 Å². The molecule has 1 aromatic heterocycles. The predicted octanol–water partition coefficient (Wildman–Crippen LogP) is 3.60. The largest absolute Gasteiger partial charge is 1.00 e. The van der Waals surface area contributed by atoms with E-state index < -0.39 is 24.0 Å². The molecule has 3 aromatic carbocycles. The van der Waals surface area contributed by atoms with Gasteiger partial charge < -0.3 is 15.2 Å². The zero-order valence-corrected chi connectivity index (χ0v) is 24.4. The number of carbonyl (C=O) groups is 2. The molecule has 0 radical (unpaired) electrons. The normalized spacial score (nSPS) is 12.3. The Morgan fingerprint density at radius 2 is 1.88 bits per heavy atom. The van der Waals surface area contributed by atoms with Gasteiger partial charge in [-0.25, -0.2) is 14.2 Å². The number of amides is 1. The van der Waals surface area contributed by atoms with Gasteiger partial charge in [0, 0.05) is 24.4 Å². The maximum absolute atomic E-state index is 13.8. The first-order valence-corrected chi connectivity index (χ1v) is 14.5. The Balaban J connectivity index is 0.00000441. The minimum atomic E-state index is -1.06. The van der Waals surface area contributed by atoms with Crippen LogP contribution in [0.4, 0.5) is 4.39 Å². The zero-order chi connectivity index (χ0) is 27.9. The number of carboxylic acid groups (broad SMARTS) is 1. The standard InChI is InChI=1S/C30H29FN2O4S2.Li/c1-18-7-4-5-10-22(18)24-16-19(11-12-23(24)28(34)33-25(30(35)36)13-14-38-3)27(37-2)26-17-32-29(39-26)20-8-6-9-21(31)15-20;/h4-12,15-17,25,27H,13-14H2,1-3H3,(H,33,34)(H,35,36);/q;+1. The number of rotatable bonds is 11. The minimum absolute atomic E-state index is 0. The maximum Gasteiger partial charge on any atom is 1.00 e. The van der Waals surface area contributed by atoms with Gasteiger partial charge in [-0.2, -0.15) is 11.8 Å². The van der Waals surface area contributed by atoms with E-state index in [1.165, 1.54) is 35.2 Å². The summed E-state index contributed by atoms with van der Waals surface area (Å²) in [6.45, 7) is 1.96. The molecule has 40 heavy (non-hydrogen) atoms. The molecular weight excluding hydrogens is 542 g/mol. The second-order valence-electron chi connectivity index (χ2n) is 8.96. The number of aliphatic carboxylic acids is 1. The fraction of sp³-hybridized carbons (Fsp3) is 0.233. The molecule has 0 fully saturated rings. The van der Waals surface area contributed by atoms with E-state index >= 15 is 0 Å². The number of nitrogens with zero attached hydrogens (tertiary/aromatic N) is 1. The number of ether oxygens (including phenoxy) is 1. The molecule has 2 atom stereocenters. The number of methoxy groups -OCH3 is 1. The fourth-order valence-electron chi connectivity index (χ4n) is 4.33. The second-order valence-corrected chi connectivity index (χ2v) is 11.0. The van der Waals surface area contributed by atoms with Gasteiger partial charge in [-0.3, -0.25) is 4.79 Å². The summed E-state index contributed by atoms with van der Waals surface area (Å²) in [5, 5.41) is 13.0. The summed E-state index contributed by atoms with van der Waals surface area (Å²) >= 11 is 2.93. The van der Waals surface area contributed by atoms with E-state index in [-0.39, 0.29) is 24.7 Å². The van der Waals surface area contributed by atoms with Gasteiger partial charge in [0.25, 0.3) is 5.91 Å². The molecule has 2 N–H and O–H groups in total. The van der Waals surface area contributed by atoms with Crippen molar-refractivity contribution in [3.63, 3.8) is 0 Å². The maximum atomic E-state index is 13.8. The summed E-state index contributed by atoms with van der Waals surface area (Å²) in [6, 6.07) is 18.4. The van der Waals surface area contributed by atoms with Gasteiger partial charge in [-0.1, -0.05) is 42.5 Å². The van der Waals surface area contributed by atoms with E-state index in [4.69, 9.17) is 4.74 Å². The number of thioether (sulfide) groups is 1. The molecule has 1 amide bonds. The van der Waals surface area contributed by atoms with Gasteiger partial charge in [-0.15, -0.1) is 11.3 Å². The summed E-state index contributed by atoms with van der Waals surface area (Å²) < 4.78 is 19.6. The molecule has 2 unspecified atom stereocenters. The predicted molar refractivity (Wildman–Crippen MR) is 155 cm³/mol. The molecule has 1 heterocycles. The van der Waals surface area contributed by atoms with E-state index in [0.717, 1.165) is 21.6 Å². The van der Waals surface area contributed by atoms with Gasteiger partial charge in [0.05, 0.1) is 4.88 Å². The summed E-state index contributed by atoms with van der Waals surface area (Å²) in [6.07, 6.45) is 3.46. The molecule has 0 aliphatic carbocycles. The fourth-order valence-corrected chi connectivity index (χ4v) is 5.82. The molecule has 4 aromatic rings. The zero-order valence-electron chi connectivity index (χ0n) is 22.8. The van der Waals surface area contributed by atoms with E-state index in [0.29, 0.717) is 33.9 Å². The minimum Gasteiger partial charge on any atom is -0.480 e. The number of hydrogen-bond acceptors (Lipinski definition) is 6. The van der Waals surface area contributed by atoms with Crippen molar-refractivity contribution in [2.24, 2.45) is 0 Å². The van der Waals surface area contributed by atoms with Crippen LogP contribution in [0.5, 0.6) is 0 Å². The molecule has 6 nitrogen and oxygen atoms in total. The quantitative estimate of drug-likeness (QED) is 0.268. The molecular formula is C30H29FLiN2O4S2+. The van der Waals surface area contributed by atoms with Crippen LogP contribution < -0.4 is 24.2 Å². The third-order valence-corrected chi connectivity index (χ3v) is 8.06. The molecule has 4 rings (SSSR count). The van der Waals surface area contributed by atoms with E-state index in [9.17, 15) is 19.1 Å². The summed E-state index contributed by atoms with van der Waals surface area (Å²) in [4.78, 5) is 30.5. The third kappa shape index (κ3) is 7.42. The van der Waals surface area contributed by atoms with Gasteiger partial charge in [0.2, 0.25) is 0 Å². The van der Waals surface area contributed by atoms with Crippen LogP contribution in [0.15, 0.2) is 72.9 Å². The smallest absolute Gasteiger partial charge is 0.480 e. The number of carboxylic acids is 1. The van der Waals surface area contributed by atoms with Gasteiger partial charge in [0.1, 0.15) is 23.0 Å². The topological polar surface area (TPSA) is 88.5 Å². The van der Waals surface area contributed by atoms with Crippen LogP contribution in [0.2, 0.25) is 0 Å². The summed E-state index contributed by atoms with van der Waals surface area (Å²) in [5.74, 6) is -1.23. The van der Waals surface area contributed by atoms with Crippen molar-refractivity contribution >= 4 is 35.0 Å². The molecule has 0 aliphatic rings. The number of carbonyl (C=O) groups excluding carboxylic acids is 1. The Morgan fingerprint density at radius 1 is 1.10 bits per heavy atom. The first-order valence-electron chi connectivity index (χ1n) is 12.3. The number of thiazole rings is 1. The number of halogens is 1. The van der Waals surface area contributed by atoms with Gasteiger partial charge in [-0.05, 0) is 71.9 Å². The van der Waals surface area contributed by atoms with Crippen molar-refractivity contribution in [1.29, 1.82) is 0 Å². The molecule has 202 valence electrons. The van der Waals surface area contributed by atoms with Crippen molar-refractivity contribution < 1.29 is 42.7 Å². The van der Waals surface area contributed by atoms with Crippen LogP contribution in [-0.4, -0.2) is 47.1 Å². The van der Waals surface area contributed by atoms with Gasteiger partial charge >= 0.3 is 24.8 Å².